The molecule has 0 bridgehead atoms. The Labute approximate surface area is 161 Å². The summed E-state index contributed by atoms with van der Waals surface area (Å²) in [5, 5.41) is 5.57. The van der Waals surface area contributed by atoms with Crippen molar-refractivity contribution in [1.29, 1.82) is 0 Å². The molecule has 2 aromatic carbocycles. The molecular weight excluding hydrogens is 340 g/mol. The van der Waals surface area contributed by atoms with Crippen molar-refractivity contribution in [2.75, 3.05) is 10.6 Å². The molecule has 0 saturated carbocycles. The van der Waals surface area contributed by atoms with Crippen LogP contribution in [0, 0.1) is 0 Å². The van der Waals surface area contributed by atoms with Gasteiger partial charge in [0.15, 0.2) is 0 Å². The topological polar surface area (TPSA) is 67.4 Å². The molecule has 27 heavy (non-hydrogen) atoms. The minimum Gasteiger partial charge on any atom is -0.444 e. The number of anilines is 2. The molecule has 2 aromatic rings. The maximum Gasteiger partial charge on any atom is 0.412 e. The van der Waals surface area contributed by atoms with Crippen molar-refractivity contribution < 1.29 is 14.3 Å². The first-order chi connectivity index (χ1) is 12.6. The standard InChI is InChI=1S/C22H28N2O3/c1-15(2)17-8-12-18(13-9-17)23-20(25)14-16-6-10-19(11-7-16)24-21(26)27-22(3,4)5/h6-13,15H,14H2,1-5H3,(H,23,25)(H,24,26). The van der Waals surface area contributed by atoms with Gasteiger partial charge in [-0.3, -0.25) is 10.1 Å². The highest BCUT2D eigenvalue weighted by molar-refractivity contribution is 5.92. The highest BCUT2D eigenvalue weighted by Gasteiger charge is 2.16. The minimum atomic E-state index is -0.546. The Kier molecular flexibility index (Phi) is 6.61. The first kappa shape index (κ1) is 20.5. The average Bonchev–Trinajstić information content (AvgIpc) is 2.55. The van der Waals surface area contributed by atoms with Gasteiger partial charge in [-0.2, -0.15) is 0 Å². The highest BCUT2D eigenvalue weighted by atomic mass is 16.6. The Bertz CT molecular complexity index is 773. The summed E-state index contributed by atoms with van der Waals surface area (Å²) in [4.78, 5) is 24.0. The van der Waals surface area contributed by atoms with Crippen LogP contribution in [-0.2, 0) is 16.0 Å². The van der Waals surface area contributed by atoms with Gasteiger partial charge in [0.1, 0.15) is 5.60 Å². The fourth-order valence-electron chi connectivity index (χ4n) is 2.47. The Morgan fingerprint density at radius 2 is 1.41 bits per heavy atom. The third kappa shape index (κ3) is 7.13. The lowest BCUT2D eigenvalue weighted by molar-refractivity contribution is -0.115. The molecule has 5 nitrogen and oxygen atoms in total. The first-order valence-electron chi connectivity index (χ1n) is 9.11. The summed E-state index contributed by atoms with van der Waals surface area (Å²) in [6.07, 6.45) is -0.239. The maximum absolute atomic E-state index is 12.2. The molecule has 0 fully saturated rings. The fraction of sp³-hybridized carbons (Fsp3) is 0.364. The quantitative estimate of drug-likeness (QED) is 0.749. The van der Waals surface area contributed by atoms with Gasteiger partial charge in [0.2, 0.25) is 5.91 Å². The van der Waals surface area contributed by atoms with Crippen LogP contribution in [0.2, 0.25) is 0 Å². The van der Waals surface area contributed by atoms with Gasteiger partial charge in [-0.25, -0.2) is 4.79 Å². The number of amides is 2. The van der Waals surface area contributed by atoms with Crippen LogP contribution in [0.1, 0.15) is 51.7 Å². The normalized spacial score (nSPS) is 11.2. The number of rotatable bonds is 5. The van der Waals surface area contributed by atoms with Crippen molar-refractivity contribution in [3.8, 4) is 0 Å². The summed E-state index contributed by atoms with van der Waals surface area (Å²) in [7, 11) is 0. The smallest absolute Gasteiger partial charge is 0.412 e. The van der Waals surface area contributed by atoms with E-state index in [1.54, 1.807) is 12.1 Å². The minimum absolute atomic E-state index is 0.0832. The van der Waals surface area contributed by atoms with Gasteiger partial charge in [0.25, 0.3) is 0 Å². The zero-order valence-corrected chi connectivity index (χ0v) is 16.6. The fourth-order valence-corrected chi connectivity index (χ4v) is 2.47. The van der Waals surface area contributed by atoms with E-state index in [1.807, 2.05) is 57.2 Å². The molecule has 0 spiro atoms. The molecule has 5 heteroatoms. The largest absolute Gasteiger partial charge is 0.444 e. The van der Waals surface area contributed by atoms with E-state index in [2.05, 4.69) is 24.5 Å². The van der Waals surface area contributed by atoms with Crippen LogP contribution in [0.25, 0.3) is 0 Å². The molecule has 0 radical (unpaired) electrons. The lowest BCUT2D eigenvalue weighted by Crippen LogP contribution is -2.27. The van der Waals surface area contributed by atoms with E-state index >= 15 is 0 Å². The third-order valence-electron chi connectivity index (χ3n) is 3.83. The van der Waals surface area contributed by atoms with Crippen LogP contribution in [0.15, 0.2) is 48.5 Å². The van der Waals surface area contributed by atoms with Crippen molar-refractivity contribution >= 4 is 23.4 Å². The van der Waals surface area contributed by atoms with E-state index in [9.17, 15) is 9.59 Å². The lowest BCUT2D eigenvalue weighted by atomic mass is 10.0. The summed E-state index contributed by atoms with van der Waals surface area (Å²) in [6.45, 7) is 9.70. The van der Waals surface area contributed by atoms with E-state index in [0.29, 0.717) is 11.6 Å². The molecule has 2 N–H and O–H groups in total. The molecule has 144 valence electrons. The molecule has 0 heterocycles. The molecule has 0 atom stereocenters. The second-order valence-electron chi connectivity index (χ2n) is 7.83. The summed E-state index contributed by atoms with van der Waals surface area (Å²) in [6, 6.07) is 15.0. The van der Waals surface area contributed by atoms with E-state index in [1.165, 1.54) is 5.56 Å². The van der Waals surface area contributed by atoms with E-state index in [-0.39, 0.29) is 12.3 Å². The van der Waals surface area contributed by atoms with Crippen LogP contribution in [0.3, 0.4) is 0 Å². The van der Waals surface area contributed by atoms with E-state index in [0.717, 1.165) is 11.3 Å². The zero-order chi connectivity index (χ0) is 20.0. The molecule has 2 rings (SSSR count). The van der Waals surface area contributed by atoms with Crippen LogP contribution in [-0.4, -0.2) is 17.6 Å². The molecule has 2 amide bonds. The van der Waals surface area contributed by atoms with E-state index in [4.69, 9.17) is 4.74 Å². The number of benzene rings is 2. The van der Waals surface area contributed by atoms with Gasteiger partial charge >= 0.3 is 6.09 Å². The zero-order valence-electron chi connectivity index (χ0n) is 16.6. The van der Waals surface area contributed by atoms with Gasteiger partial charge in [-0.05, 0) is 62.1 Å². The van der Waals surface area contributed by atoms with Crippen molar-refractivity contribution in [3.63, 3.8) is 0 Å². The molecule has 0 aliphatic carbocycles. The summed E-state index contributed by atoms with van der Waals surface area (Å²) in [5.41, 5.74) is 2.96. The summed E-state index contributed by atoms with van der Waals surface area (Å²) >= 11 is 0. The number of carbonyl (C=O) groups is 2. The van der Waals surface area contributed by atoms with Crippen molar-refractivity contribution in [2.24, 2.45) is 0 Å². The van der Waals surface area contributed by atoms with Gasteiger partial charge in [-0.15, -0.1) is 0 Å². The number of hydrogen-bond acceptors (Lipinski definition) is 3. The molecule has 0 aromatic heterocycles. The third-order valence-corrected chi connectivity index (χ3v) is 3.83. The molecule has 0 aliphatic heterocycles. The molecular formula is C22H28N2O3. The van der Waals surface area contributed by atoms with Gasteiger partial charge < -0.3 is 10.1 Å². The number of nitrogens with one attached hydrogen (secondary N) is 2. The van der Waals surface area contributed by atoms with Gasteiger partial charge in [0.05, 0.1) is 6.42 Å². The average molecular weight is 368 g/mol. The number of carbonyl (C=O) groups excluding carboxylic acids is 2. The lowest BCUT2D eigenvalue weighted by Gasteiger charge is -2.19. The first-order valence-corrected chi connectivity index (χ1v) is 9.11. The Balaban J connectivity index is 1.88. The predicted molar refractivity (Wildman–Crippen MR) is 109 cm³/mol. The second-order valence-corrected chi connectivity index (χ2v) is 7.83. The summed E-state index contributed by atoms with van der Waals surface area (Å²) in [5.74, 6) is 0.378. The van der Waals surface area contributed by atoms with Crippen LogP contribution in [0.5, 0.6) is 0 Å². The summed E-state index contributed by atoms with van der Waals surface area (Å²) < 4.78 is 5.21. The van der Waals surface area contributed by atoms with E-state index < -0.39 is 11.7 Å². The predicted octanol–water partition coefficient (Wildman–Crippen LogP) is 5.34. The van der Waals surface area contributed by atoms with Crippen LogP contribution >= 0.6 is 0 Å². The van der Waals surface area contributed by atoms with Crippen LogP contribution < -0.4 is 10.6 Å². The van der Waals surface area contributed by atoms with Crippen molar-refractivity contribution in [2.45, 2.75) is 52.6 Å². The number of hydrogen-bond donors (Lipinski definition) is 2. The van der Waals surface area contributed by atoms with Crippen molar-refractivity contribution in [1.82, 2.24) is 0 Å². The Hall–Kier alpha value is -2.82. The van der Waals surface area contributed by atoms with Gasteiger partial charge in [-0.1, -0.05) is 38.1 Å². The van der Waals surface area contributed by atoms with Crippen LogP contribution in [0.4, 0.5) is 16.2 Å². The van der Waals surface area contributed by atoms with Crippen molar-refractivity contribution in [3.05, 3.63) is 59.7 Å². The number of ether oxygens (including phenoxy) is 1. The highest BCUT2D eigenvalue weighted by Crippen LogP contribution is 2.18. The van der Waals surface area contributed by atoms with Gasteiger partial charge in [0, 0.05) is 11.4 Å². The molecule has 0 unspecified atom stereocenters. The second kappa shape index (κ2) is 8.71. The molecule has 0 aliphatic rings. The SMILES string of the molecule is CC(C)c1ccc(NC(=O)Cc2ccc(NC(=O)OC(C)(C)C)cc2)cc1. The monoisotopic (exact) mass is 368 g/mol. The Morgan fingerprint density at radius 3 is 1.93 bits per heavy atom. The molecule has 0 saturated heterocycles. The Morgan fingerprint density at radius 1 is 0.889 bits per heavy atom. The maximum atomic E-state index is 12.2.